The molecule has 9 heteroatoms. The van der Waals surface area contributed by atoms with Crippen LogP contribution in [0.1, 0.15) is 18.5 Å². The van der Waals surface area contributed by atoms with E-state index >= 15 is 0 Å². The number of sulfonamides is 1. The van der Waals surface area contributed by atoms with Gasteiger partial charge in [0, 0.05) is 25.3 Å². The standard InChI is InChI=1S/C12H16F3N3O2S/c1-16-7-9-3-2-6-18(9)21(19,20)10-4-5-11(17-8-10)12(13,14)15/h4-5,8-9,16H,2-3,6-7H2,1H3. The van der Waals surface area contributed by atoms with Crippen molar-refractivity contribution >= 4 is 10.0 Å². The zero-order valence-corrected chi connectivity index (χ0v) is 12.2. The number of hydrogen-bond donors (Lipinski definition) is 1. The molecule has 2 rings (SSSR count). The lowest BCUT2D eigenvalue weighted by Crippen LogP contribution is -2.40. The minimum atomic E-state index is -4.58. The lowest BCUT2D eigenvalue weighted by Gasteiger charge is -2.23. The van der Waals surface area contributed by atoms with Gasteiger partial charge < -0.3 is 5.32 Å². The van der Waals surface area contributed by atoms with E-state index in [2.05, 4.69) is 10.3 Å². The monoisotopic (exact) mass is 323 g/mol. The van der Waals surface area contributed by atoms with Gasteiger partial charge in [-0.3, -0.25) is 4.98 Å². The molecule has 1 N–H and O–H groups in total. The highest BCUT2D eigenvalue weighted by Crippen LogP contribution is 2.29. The Kier molecular flexibility index (Phi) is 4.54. The highest BCUT2D eigenvalue weighted by Gasteiger charge is 2.36. The van der Waals surface area contributed by atoms with Crippen LogP contribution in [0.15, 0.2) is 23.2 Å². The van der Waals surface area contributed by atoms with Gasteiger partial charge in [-0.25, -0.2) is 8.42 Å². The Morgan fingerprint density at radius 1 is 1.43 bits per heavy atom. The molecule has 0 spiro atoms. The van der Waals surface area contributed by atoms with E-state index < -0.39 is 21.9 Å². The van der Waals surface area contributed by atoms with Crippen LogP contribution in [0.4, 0.5) is 13.2 Å². The number of hydrogen-bond acceptors (Lipinski definition) is 4. The second-order valence-corrected chi connectivity index (χ2v) is 6.74. The lowest BCUT2D eigenvalue weighted by molar-refractivity contribution is -0.141. The molecule has 1 unspecified atom stereocenters. The van der Waals surface area contributed by atoms with Gasteiger partial charge in [0.05, 0.1) is 0 Å². The molecule has 1 saturated heterocycles. The molecule has 1 aliphatic rings. The lowest BCUT2D eigenvalue weighted by atomic mass is 10.2. The first kappa shape index (κ1) is 16.2. The summed E-state index contributed by atoms with van der Waals surface area (Å²) in [5.74, 6) is 0. The summed E-state index contributed by atoms with van der Waals surface area (Å²) in [7, 11) is -2.08. The Morgan fingerprint density at radius 3 is 2.67 bits per heavy atom. The number of alkyl halides is 3. The average Bonchev–Trinajstić information content (AvgIpc) is 2.87. The van der Waals surface area contributed by atoms with Gasteiger partial charge in [0.1, 0.15) is 10.6 Å². The predicted octanol–water partition coefficient (Wildman–Crippen LogP) is 1.47. The van der Waals surface area contributed by atoms with E-state index in [4.69, 9.17) is 0 Å². The summed E-state index contributed by atoms with van der Waals surface area (Å²) in [6.45, 7) is 0.878. The second-order valence-electron chi connectivity index (χ2n) is 4.85. The first-order valence-corrected chi connectivity index (χ1v) is 7.90. The SMILES string of the molecule is CNCC1CCCN1S(=O)(=O)c1ccc(C(F)(F)F)nc1. The number of nitrogens with zero attached hydrogens (tertiary/aromatic N) is 2. The normalized spacial score (nSPS) is 20.9. The fourth-order valence-corrected chi connectivity index (χ4v) is 4.04. The van der Waals surface area contributed by atoms with Crippen LogP contribution in [0.2, 0.25) is 0 Å². The Labute approximate surface area is 121 Å². The zero-order chi connectivity index (χ0) is 15.7. The van der Waals surface area contributed by atoms with E-state index in [0.29, 0.717) is 19.2 Å². The number of rotatable bonds is 4. The average molecular weight is 323 g/mol. The summed E-state index contributed by atoms with van der Waals surface area (Å²) in [6, 6.07) is 1.47. The Balaban J connectivity index is 2.27. The second kappa shape index (κ2) is 5.90. The summed E-state index contributed by atoms with van der Waals surface area (Å²) in [4.78, 5) is 3.00. The molecule has 1 atom stereocenters. The van der Waals surface area contributed by atoms with E-state index in [9.17, 15) is 21.6 Å². The van der Waals surface area contributed by atoms with E-state index in [-0.39, 0.29) is 10.9 Å². The first-order valence-electron chi connectivity index (χ1n) is 6.46. The van der Waals surface area contributed by atoms with Gasteiger partial charge in [-0.15, -0.1) is 0 Å². The molecule has 0 bridgehead atoms. The highest BCUT2D eigenvalue weighted by molar-refractivity contribution is 7.89. The third kappa shape index (κ3) is 3.35. The molecular formula is C12H16F3N3O2S. The summed E-state index contributed by atoms with van der Waals surface area (Å²) >= 11 is 0. The van der Waals surface area contributed by atoms with E-state index in [1.165, 1.54) is 4.31 Å². The van der Waals surface area contributed by atoms with Crippen LogP contribution in [0.25, 0.3) is 0 Å². The minimum Gasteiger partial charge on any atom is -0.318 e. The van der Waals surface area contributed by atoms with Crippen molar-refractivity contribution in [1.29, 1.82) is 0 Å². The quantitative estimate of drug-likeness (QED) is 0.911. The van der Waals surface area contributed by atoms with Crippen molar-refractivity contribution in [1.82, 2.24) is 14.6 Å². The van der Waals surface area contributed by atoms with Crippen LogP contribution < -0.4 is 5.32 Å². The van der Waals surface area contributed by atoms with Gasteiger partial charge in [0.15, 0.2) is 0 Å². The van der Waals surface area contributed by atoms with Crippen LogP contribution in [-0.2, 0) is 16.2 Å². The highest BCUT2D eigenvalue weighted by atomic mass is 32.2. The molecule has 0 aliphatic carbocycles. The minimum absolute atomic E-state index is 0.178. The number of halogens is 3. The van der Waals surface area contributed by atoms with Gasteiger partial charge in [0.25, 0.3) is 0 Å². The molecule has 118 valence electrons. The molecule has 0 aromatic carbocycles. The summed E-state index contributed by atoms with van der Waals surface area (Å²) in [5, 5.41) is 2.92. The Bertz CT molecular complexity index is 587. The van der Waals surface area contributed by atoms with Crippen molar-refractivity contribution in [3.63, 3.8) is 0 Å². The molecule has 1 aromatic heterocycles. The molecule has 1 aliphatic heterocycles. The van der Waals surface area contributed by atoms with Crippen molar-refractivity contribution in [3.05, 3.63) is 24.0 Å². The number of likely N-dealkylation sites (N-methyl/N-ethyl adjacent to an activating group) is 1. The third-order valence-electron chi connectivity index (χ3n) is 3.40. The molecule has 0 amide bonds. The molecule has 2 heterocycles. The first-order chi connectivity index (χ1) is 9.76. The smallest absolute Gasteiger partial charge is 0.318 e. The van der Waals surface area contributed by atoms with Crippen molar-refractivity contribution in [2.75, 3.05) is 20.1 Å². The molecule has 5 nitrogen and oxygen atoms in total. The molecule has 1 fully saturated rings. The fourth-order valence-electron chi connectivity index (χ4n) is 2.40. The maximum Gasteiger partial charge on any atom is 0.433 e. The van der Waals surface area contributed by atoms with E-state index in [0.717, 1.165) is 25.1 Å². The maximum absolute atomic E-state index is 12.5. The van der Waals surface area contributed by atoms with Crippen LogP contribution in [0.3, 0.4) is 0 Å². The molecule has 1 aromatic rings. The van der Waals surface area contributed by atoms with Crippen molar-refractivity contribution < 1.29 is 21.6 Å². The Morgan fingerprint density at radius 2 is 2.14 bits per heavy atom. The van der Waals surface area contributed by atoms with Crippen LogP contribution in [0.5, 0.6) is 0 Å². The van der Waals surface area contributed by atoms with Gasteiger partial charge in [-0.2, -0.15) is 17.5 Å². The van der Waals surface area contributed by atoms with Crippen molar-refractivity contribution in [2.24, 2.45) is 0 Å². The summed E-state index contributed by atoms with van der Waals surface area (Å²) < 4.78 is 63.6. The van der Waals surface area contributed by atoms with E-state index in [1.807, 2.05) is 0 Å². The van der Waals surface area contributed by atoms with Gasteiger partial charge in [-0.05, 0) is 32.0 Å². The van der Waals surface area contributed by atoms with Gasteiger partial charge in [-0.1, -0.05) is 0 Å². The van der Waals surface area contributed by atoms with Crippen LogP contribution in [0, 0.1) is 0 Å². The number of aromatic nitrogens is 1. The molecule has 0 radical (unpaired) electrons. The molecule has 0 saturated carbocycles. The topological polar surface area (TPSA) is 62.3 Å². The van der Waals surface area contributed by atoms with Crippen molar-refractivity contribution in [2.45, 2.75) is 30.0 Å². The third-order valence-corrected chi connectivity index (χ3v) is 5.33. The number of nitrogens with one attached hydrogen (secondary N) is 1. The molecular weight excluding hydrogens is 307 g/mol. The fraction of sp³-hybridized carbons (Fsp3) is 0.583. The Hall–Kier alpha value is -1.19. The zero-order valence-electron chi connectivity index (χ0n) is 11.4. The van der Waals surface area contributed by atoms with Crippen LogP contribution in [-0.4, -0.2) is 43.9 Å². The van der Waals surface area contributed by atoms with Gasteiger partial charge in [0.2, 0.25) is 10.0 Å². The van der Waals surface area contributed by atoms with Crippen LogP contribution >= 0.6 is 0 Å². The van der Waals surface area contributed by atoms with Gasteiger partial charge >= 0.3 is 6.18 Å². The van der Waals surface area contributed by atoms with E-state index in [1.54, 1.807) is 7.05 Å². The predicted molar refractivity (Wildman–Crippen MR) is 70.1 cm³/mol. The largest absolute Gasteiger partial charge is 0.433 e. The maximum atomic E-state index is 12.5. The summed E-state index contributed by atoms with van der Waals surface area (Å²) in [6.07, 6.45) is -2.34. The number of pyridine rings is 1. The van der Waals surface area contributed by atoms with Crippen molar-refractivity contribution in [3.8, 4) is 0 Å². The molecule has 21 heavy (non-hydrogen) atoms. The summed E-state index contributed by atoms with van der Waals surface area (Å²) in [5.41, 5.74) is -1.10.